The molecule has 2 aromatic heterocycles. The quantitative estimate of drug-likeness (QED) is 0.754. The van der Waals surface area contributed by atoms with E-state index in [-0.39, 0.29) is 6.03 Å². The Kier molecular flexibility index (Phi) is 5.09. The minimum Gasteiger partial charge on any atom is -0.338 e. The average Bonchev–Trinajstić information content (AvgIpc) is 3.30. The maximum absolute atomic E-state index is 12.6. The van der Waals surface area contributed by atoms with Crippen LogP contribution in [0.4, 0.5) is 4.79 Å². The van der Waals surface area contributed by atoms with Crippen molar-refractivity contribution < 1.29 is 4.79 Å². The zero-order valence-corrected chi connectivity index (χ0v) is 15.7. The molecule has 0 bridgehead atoms. The van der Waals surface area contributed by atoms with Gasteiger partial charge in [0.15, 0.2) is 0 Å². The van der Waals surface area contributed by atoms with Crippen LogP contribution in [0.3, 0.4) is 0 Å². The Bertz CT molecular complexity index is 900. The van der Waals surface area contributed by atoms with E-state index in [1.807, 2.05) is 42.7 Å². The number of amides is 2. The summed E-state index contributed by atoms with van der Waals surface area (Å²) in [5.41, 5.74) is 2.12. The number of carbonyl (C=O) groups is 1. The van der Waals surface area contributed by atoms with Crippen molar-refractivity contribution in [2.75, 3.05) is 19.6 Å². The van der Waals surface area contributed by atoms with E-state index < -0.39 is 0 Å². The minimum absolute atomic E-state index is 0.0316. The number of nitrogens with zero attached hydrogens (tertiary/aromatic N) is 5. The summed E-state index contributed by atoms with van der Waals surface area (Å²) in [6.07, 6.45) is 8.56. The first-order valence-electron chi connectivity index (χ1n) is 9.59. The molecular weight excluding hydrogens is 340 g/mol. The maximum atomic E-state index is 12.6. The van der Waals surface area contributed by atoms with Crippen LogP contribution in [0.25, 0.3) is 11.0 Å². The van der Waals surface area contributed by atoms with Gasteiger partial charge < -0.3 is 19.4 Å². The average molecular weight is 366 g/mol. The molecule has 1 aliphatic rings. The zero-order valence-electron chi connectivity index (χ0n) is 15.7. The fraction of sp³-hybridized carbons (Fsp3) is 0.450. The number of hydrogen-bond donors (Lipinski definition) is 1. The number of piperidine rings is 1. The van der Waals surface area contributed by atoms with Crippen molar-refractivity contribution in [2.45, 2.75) is 25.8 Å². The van der Waals surface area contributed by atoms with Gasteiger partial charge in [0.05, 0.1) is 17.4 Å². The van der Waals surface area contributed by atoms with E-state index in [1.165, 1.54) is 0 Å². The van der Waals surface area contributed by atoms with Crippen LogP contribution in [0.1, 0.15) is 18.7 Å². The molecule has 1 aromatic carbocycles. The summed E-state index contributed by atoms with van der Waals surface area (Å²) >= 11 is 0. The van der Waals surface area contributed by atoms with E-state index in [9.17, 15) is 4.79 Å². The first kappa shape index (κ1) is 17.6. The lowest BCUT2D eigenvalue weighted by atomic mass is 9.98. The summed E-state index contributed by atoms with van der Waals surface area (Å²) in [6.45, 7) is 3.15. The summed E-state index contributed by atoms with van der Waals surface area (Å²) < 4.78 is 4.20. The van der Waals surface area contributed by atoms with Crippen LogP contribution in [0.15, 0.2) is 43.0 Å². The molecule has 0 spiro atoms. The SMILES string of the molecule is Cn1c(CCNC(=O)N2CCCC(Cn3ccnc3)C2)nc2ccccc21. The van der Waals surface area contributed by atoms with Crippen LogP contribution in [0.2, 0.25) is 0 Å². The number of aryl methyl sites for hydroxylation is 1. The van der Waals surface area contributed by atoms with Crippen LogP contribution in [0, 0.1) is 5.92 Å². The van der Waals surface area contributed by atoms with Gasteiger partial charge in [0.1, 0.15) is 5.82 Å². The number of rotatable bonds is 5. The molecule has 0 aliphatic carbocycles. The highest BCUT2D eigenvalue weighted by atomic mass is 16.2. The van der Waals surface area contributed by atoms with Crippen LogP contribution in [0.5, 0.6) is 0 Å². The Morgan fingerprint density at radius 1 is 1.33 bits per heavy atom. The predicted octanol–water partition coefficient (Wildman–Crippen LogP) is 2.43. The van der Waals surface area contributed by atoms with Gasteiger partial charge in [0.2, 0.25) is 0 Å². The summed E-state index contributed by atoms with van der Waals surface area (Å²) in [6, 6.07) is 8.14. The molecule has 4 rings (SSSR count). The third kappa shape index (κ3) is 3.97. The number of urea groups is 1. The molecule has 7 nitrogen and oxygen atoms in total. The number of benzene rings is 1. The Labute approximate surface area is 159 Å². The molecule has 1 N–H and O–H groups in total. The highest BCUT2D eigenvalue weighted by Gasteiger charge is 2.23. The molecule has 0 saturated carbocycles. The van der Waals surface area contributed by atoms with Crippen molar-refractivity contribution in [2.24, 2.45) is 13.0 Å². The van der Waals surface area contributed by atoms with Crippen molar-refractivity contribution in [3.63, 3.8) is 0 Å². The monoisotopic (exact) mass is 366 g/mol. The summed E-state index contributed by atoms with van der Waals surface area (Å²) in [4.78, 5) is 23.3. The highest BCUT2D eigenvalue weighted by Crippen LogP contribution is 2.18. The van der Waals surface area contributed by atoms with Gasteiger partial charge in [-0.15, -0.1) is 0 Å². The van der Waals surface area contributed by atoms with Crippen LogP contribution in [-0.2, 0) is 20.0 Å². The van der Waals surface area contributed by atoms with Crippen molar-refractivity contribution >= 4 is 17.1 Å². The molecule has 3 heterocycles. The van der Waals surface area contributed by atoms with Crippen molar-refractivity contribution in [3.05, 3.63) is 48.8 Å². The van der Waals surface area contributed by atoms with E-state index in [4.69, 9.17) is 0 Å². The number of para-hydroxylation sites is 2. The Balaban J connectivity index is 1.29. The molecule has 27 heavy (non-hydrogen) atoms. The topological polar surface area (TPSA) is 68.0 Å². The number of aromatic nitrogens is 4. The van der Waals surface area contributed by atoms with Gasteiger partial charge in [-0.25, -0.2) is 14.8 Å². The summed E-state index contributed by atoms with van der Waals surface area (Å²) in [7, 11) is 2.03. The second-order valence-electron chi connectivity index (χ2n) is 7.27. The van der Waals surface area contributed by atoms with Gasteiger partial charge >= 0.3 is 6.03 Å². The molecule has 2 amide bonds. The first-order chi connectivity index (χ1) is 13.2. The summed E-state index contributed by atoms with van der Waals surface area (Å²) in [5, 5.41) is 3.07. The lowest BCUT2D eigenvalue weighted by molar-refractivity contribution is 0.159. The fourth-order valence-corrected chi connectivity index (χ4v) is 3.90. The maximum Gasteiger partial charge on any atom is 0.317 e. The molecule has 7 heteroatoms. The molecule has 1 saturated heterocycles. The fourth-order valence-electron chi connectivity index (χ4n) is 3.90. The van der Waals surface area contributed by atoms with Crippen LogP contribution < -0.4 is 5.32 Å². The molecule has 142 valence electrons. The van der Waals surface area contributed by atoms with Crippen LogP contribution >= 0.6 is 0 Å². The molecule has 0 radical (unpaired) electrons. The third-order valence-electron chi connectivity index (χ3n) is 5.34. The standard InChI is InChI=1S/C20H26N6O/c1-24-18-7-3-2-6-17(18)23-19(24)8-9-22-20(27)26-11-4-5-16(14-26)13-25-12-10-21-15-25/h2-3,6-7,10,12,15-16H,4-5,8-9,11,13-14H2,1H3,(H,22,27). The van der Waals surface area contributed by atoms with Gasteiger partial charge in [-0.3, -0.25) is 0 Å². The number of fused-ring (bicyclic) bond motifs is 1. The Morgan fingerprint density at radius 3 is 3.04 bits per heavy atom. The van der Waals surface area contributed by atoms with E-state index in [1.54, 1.807) is 6.20 Å². The minimum atomic E-state index is 0.0316. The number of likely N-dealkylation sites (tertiary alicyclic amines) is 1. The van der Waals surface area contributed by atoms with Gasteiger partial charge in [-0.05, 0) is 30.9 Å². The Morgan fingerprint density at radius 2 is 2.22 bits per heavy atom. The lowest BCUT2D eigenvalue weighted by Gasteiger charge is -2.33. The third-order valence-corrected chi connectivity index (χ3v) is 5.34. The molecule has 3 aromatic rings. The lowest BCUT2D eigenvalue weighted by Crippen LogP contribution is -2.46. The second kappa shape index (κ2) is 7.82. The van der Waals surface area contributed by atoms with Crippen LogP contribution in [-0.4, -0.2) is 49.7 Å². The molecule has 1 atom stereocenters. The van der Waals surface area contributed by atoms with Crippen molar-refractivity contribution in [3.8, 4) is 0 Å². The number of carbonyl (C=O) groups excluding carboxylic acids is 1. The van der Waals surface area contributed by atoms with E-state index in [0.717, 1.165) is 55.8 Å². The number of nitrogens with one attached hydrogen (secondary N) is 1. The van der Waals surface area contributed by atoms with Gasteiger partial charge in [0, 0.05) is 52.0 Å². The van der Waals surface area contributed by atoms with E-state index in [2.05, 4.69) is 30.5 Å². The number of hydrogen-bond acceptors (Lipinski definition) is 3. The van der Waals surface area contributed by atoms with Gasteiger partial charge in [-0.2, -0.15) is 0 Å². The molecule has 1 unspecified atom stereocenters. The normalized spacial score (nSPS) is 17.4. The highest BCUT2D eigenvalue weighted by molar-refractivity contribution is 5.76. The molecule has 1 fully saturated rings. The van der Waals surface area contributed by atoms with E-state index in [0.29, 0.717) is 12.5 Å². The van der Waals surface area contributed by atoms with Crippen molar-refractivity contribution in [1.29, 1.82) is 0 Å². The summed E-state index contributed by atoms with van der Waals surface area (Å²) in [5.74, 6) is 1.48. The predicted molar refractivity (Wildman–Crippen MR) is 104 cm³/mol. The van der Waals surface area contributed by atoms with Gasteiger partial charge in [-0.1, -0.05) is 12.1 Å². The van der Waals surface area contributed by atoms with E-state index >= 15 is 0 Å². The number of imidazole rings is 2. The largest absolute Gasteiger partial charge is 0.338 e. The second-order valence-corrected chi connectivity index (χ2v) is 7.27. The molecule has 1 aliphatic heterocycles. The molecular formula is C20H26N6O. The smallest absolute Gasteiger partial charge is 0.317 e. The van der Waals surface area contributed by atoms with Crippen molar-refractivity contribution in [1.82, 2.24) is 29.3 Å². The van der Waals surface area contributed by atoms with Gasteiger partial charge in [0.25, 0.3) is 0 Å². The zero-order chi connectivity index (χ0) is 18.6. The first-order valence-corrected chi connectivity index (χ1v) is 9.59. The Hall–Kier alpha value is -2.83.